The largest absolute Gasteiger partial charge is 0.480 e. The van der Waals surface area contributed by atoms with Gasteiger partial charge in [-0.15, -0.1) is 0 Å². The molecule has 0 bridgehead atoms. The third-order valence-corrected chi connectivity index (χ3v) is 1.97. The standard InChI is InChI=1S/C10H19NO4/c1-4-6-8(9(12)13)11-7(3)10(14)15-5-2/h7-8,11H,4-6H2,1-3H3,(H,12,13). The van der Waals surface area contributed by atoms with Crippen LogP contribution in [0.15, 0.2) is 0 Å². The summed E-state index contributed by atoms with van der Waals surface area (Å²) in [5.74, 6) is -1.35. The molecule has 0 saturated heterocycles. The van der Waals surface area contributed by atoms with Gasteiger partial charge in [0.25, 0.3) is 0 Å². The van der Waals surface area contributed by atoms with Crippen LogP contribution in [0.25, 0.3) is 0 Å². The van der Waals surface area contributed by atoms with Gasteiger partial charge in [-0.3, -0.25) is 14.9 Å². The van der Waals surface area contributed by atoms with E-state index in [0.717, 1.165) is 6.42 Å². The van der Waals surface area contributed by atoms with Crippen LogP contribution < -0.4 is 5.32 Å². The summed E-state index contributed by atoms with van der Waals surface area (Å²) in [4.78, 5) is 22.0. The number of hydrogen-bond acceptors (Lipinski definition) is 4. The maximum Gasteiger partial charge on any atom is 0.322 e. The summed E-state index contributed by atoms with van der Waals surface area (Å²) in [7, 11) is 0. The predicted octanol–water partition coefficient (Wildman–Crippen LogP) is 0.781. The van der Waals surface area contributed by atoms with Crippen LogP contribution in [0.3, 0.4) is 0 Å². The van der Waals surface area contributed by atoms with E-state index in [1.54, 1.807) is 13.8 Å². The molecule has 2 N–H and O–H groups in total. The summed E-state index contributed by atoms with van der Waals surface area (Å²) in [6, 6.07) is -1.27. The molecule has 15 heavy (non-hydrogen) atoms. The smallest absolute Gasteiger partial charge is 0.322 e. The van der Waals surface area contributed by atoms with Crippen LogP contribution in [0.2, 0.25) is 0 Å². The Balaban J connectivity index is 4.15. The van der Waals surface area contributed by atoms with Crippen LogP contribution in [0.4, 0.5) is 0 Å². The molecule has 0 aromatic rings. The van der Waals surface area contributed by atoms with Crippen molar-refractivity contribution in [2.75, 3.05) is 6.61 Å². The van der Waals surface area contributed by atoms with Crippen LogP contribution in [0, 0.1) is 0 Å². The average Bonchev–Trinajstić information content (AvgIpc) is 2.17. The number of nitrogens with one attached hydrogen (secondary N) is 1. The van der Waals surface area contributed by atoms with Crippen LogP contribution >= 0.6 is 0 Å². The molecule has 0 aromatic heterocycles. The first kappa shape index (κ1) is 13.9. The van der Waals surface area contributed by atoms with Gasteiger partial charge >= 0.3 is 11.9 Å². The molecule has 0 fully saturated rings. The van der Waals surface area contributed by atoms with Gasteiger partial charge in [-0.25, -0.2) is 0 Å². The van der Waals surface area contributed by atoms with Crippen LogP contribution in [0.1, 0.15) is 33.6 Å². The Kier molecular flexibility index (Phi) is 6.70. The second kappa shape index (κ2) is 7.23. The second-order valence-electron chi connectivity index (χ2n) is 3.32. The number of carbonyl (C=O) groups is 2. The summed E-state index contributed by atoms with van der Waals surface area (Å²) in [5, 5.41) is 11.6. The molecule has 5 heteroatoms. The first-order valence-electron chi connectivity index (χ1n) is 5.18. The monoisotopic (exact) mass is 217 g/mol. The number of esters is 1. The van der Waals surface area contributed by atoms with Gasteiger partial charge in [0.05, 0.1) is 6.61 Å². The van der Waals surface area contributed by atoms with Gasteiger partial charge in [-0.1, -0.05) is 13.3 Å². The normalized spacial score (nSPS) is 14.3. The van der Waals surface area contributed by atoms with Crippen molar-refractivity contribution in [3.8, 4) is 0 Å². The zero-order chi connectivity index (χ0) is 11.8. The summed E-state index contributed by atoms with van der Waals surface area (Å²) >= 11 is 0. The van der Waals surface area contributed by atoms with Gasteiger partial charge in [-0.2, -0.15) is 0 Å². The molecule has 0 saturated carbocycles. The third-order valence-electron chi connectivity index (χ3n) is 1.97. The molecule has 88 valence electrons. The van der Waals surface area contributed by atoms with E-state index in [1.165, 1.54) is 0 Å². The molecule has 0 amide bonds. The fraction of sp³-hybridized carbons (Fsp3) is 0.800. The Hall–Kier alpha value is -1.10. The van der Waals surface area contributed by atoms with E-state index < -0.39 is 24.0 Å². The lowest BCUT2D eigenvalue weighted by atomic mass is 10.1. The van der Waals surface area contributed by atoms with Crippen molar-refractivity contribution in [2.45, 2.75) is 45.7 Å². The third kappa shape index (κ3) is 5.37. The van der Waals surface area contributed by atoms with Crippen molar-refractivity contribution in [1.82, 2.24) is 5.32 Å². The van der Waals surface area contributed by atoms with E-state index in [0.29, 0.717) is 13.0 Å². The van der Waals surface area contributed by atoms with Crippen LogP contribution in [-0.2, 0) is 14.3 Å². The number of carboxylic acids is 1. The Labute approximate surface area is 89.8 Å². The topological polar surface area (TPSA) is 75.6 Å². The van der Waals surface area contributed by atoms with Crippen molar-refractivity contribution >= 4 is 11.9 Å². The molecule has 5 nitrogen and oxygen atoms in total. The molecule has 0 spiro atoms. The molecule has 0 aliphatic rings. The minimum absolute atomic E-state index is 0.302. The molecule has 0 rings (SSSR count). The van der Waals surface area contributed by atoms with Crippen molar-refractivity contribution in [3.05, 3.63) is 0 Å². The molecule has 0 heterocycles. The van der Waals surface area contributed by atoms with E-state index >= 15 is 0 Å². The summed E-state index contributed by atoms with van der Waals surface area (Å²) in [5.41, 5.74) is 0. The van der Waals surface area contributed by atoms with E-state index in [9.17, 15) is 9.59 Å². The van der Waals surface area contributed by atoms with Gasteiger partial charge in [0.2, 0.25) is 0 Å². The Bertz CT molecular complexity index is 217. The van der Waals surface area contributed by atoms with Crippen molar-refractivity contribution in [3.63, 3.8) is 0 Å². The lowest BCUT2D eigenvalue weighted by Crippen LogP contribution is -2.46. The summed E-state index contributed by atoms with van der Waals surface area (Å²) < 4.78 is 4.77. The van der Waals surface area contributed by atoms with Crippen LogP contribution in [-0.4, -0.2) is 35.7 Å². The molecular formula is C10H19NO4. The summed E-state index contributed by atoms with van der Waals surface area (Å²) in [6.07, 6.45) is 1.25. The number of carboxylic acid groups (broad SMARTS) is 1. The highest BCUT2D eigenvalue weighted by Gasteiger charge is 2.22. The van der Waals surface area contributed by atoms with Gasteiger partial charge < -0.3 is 9.84 Å². The number of ether oxygens (including phenoxy) is 1. The van der Waals surface area contributed by atoms with Gasteiger partial charge in [0, 0.05) is 0 Å². The lowest BCUT2D eigenvalue weighted by Gasteiger charge is -2.18. The Morgan fingerprint density at radius 1 is 1.40 bits per heavy atom. The number of hydrogen-bond donors (Lipinski definition) is 2. The number of carbonyl (C=O) groups excluding carboxylic acids is 1. The first-order chi connectivity index (χ1) is 7.02. The minimum Gasteiger partial charge on any atom is -0.480 e. The maximum absolute atomic E-state index is 11.2. The SMILES string of the molecule is CCCC(NC(C)C(=O)OCC)C(=O)O. The molecule has 0 aromatic carbocycles. The molecule has 0 aliphatic heterocycles. The zero-order valence-corrected chi connectivity index (χ0v) is 9.45. The lowest BCUT2D eigenvalue weighted by molar-refractivity contribution is -0.146. The quantitative estimate of drug-likeness (QED) is 0.616. The highest BCUT2D eigenvalue weighted by atomic mass is 16.5. The van der Waals surface area contributed by atoms with E-state index in [2.05, 4.69) is 5.32 Å². The molecule has 0 radical (unpaired) electrons. The Morgan fingerprint density at radius 3 is 2.40 bits per heavy atom. The van der Waals surface area contributed by atoms with Crippen LogP contribution in [0.5, 0.6) is 0 Å². The van der Waals surface area contributed by atoms with Gasteiger partial charge in [0.15, 0.2) is 0 Å². The first-order valence-corrected chi connectivity index (χ1v) is 5.18. The highest BCUT2D eigenvalue weighted by molar-refractivity contribution is 5.78. The molecular weight excluding hydrogens is 198 g/mol. The fourth-order valence-corrected chi connectivity index (χ4v) is 1.20. The highest BCUT2D eigenvalue weighted by Crippen LogP contribution is 1.99. The summed E-state index contributed by atoms with van der Waals surface area (Å²) in [6.45, 7) is 5.51. The van der Waals surface area contributed by atoms with E-state index in [-0.39, 0.29) is 0 Å². The minimum atomic E-state index is -0.937. The second-order valence-corrected chi connectivity index (χ2v) is 3.32. The molecule has 2 atom stereocenters. The maximum atomic E-state index is 11.2. The number of rotatable bonds is 7. The predicted molar refractivity (Wildman–Crippen MR) is 55.6 cm³/mol. The van der Waals surface area contributed by atoms with Crippen molar-refractivity contribution < 1.29 is 19.4 Å². The average molecular weight is 217 g/mol. The zero-order valence-electron chi connectivity index (χ0n) is 9.45. The van der Waals surface area contributed by atoms with Gasteiger partial charge in [-0.05, 0) is 20.3 Å². The van der Waals surface area contributed by atoms with Crippen molar-refractivity contribution in [1.29, 1.82) is 0 Å². The van der Waals surface area contributed by atoms with Crippen molar-refractivity contribution in [2.24, 2.45) is 0 Å². The molecule has 0 aliphatic carbocycles. The van der Waals surface area contributed by atoms with Gasteiger partial charge in [0.1, 0.15) is 12.1 Å². The Morgan fingerprint density at radius 2 is 2.00 bits per heavy atom. The number of aliphatic carboxylic acids is 1. The fourth-order valence-electron chi connectivity index (χ4n) is 1.20. The molecule has 2 unspecified atom stereocenters. The van der Waals surface area contributed by atoms with E-state index in [1.807, 2.05) is 6.92 Å². The van der Waals surface area contributed by atoms with E-state index in [4.69, 9.17) is 9.84 Å².